The highest BCUT2D eigenvalue weighted by molar-refractivity contribution is 9.10. The molecular formula is C15H15BrN2O. The van der Waals surface area contributed by atoms with Crippen LogP contribution < -0.4 is 10.6 Å². The van der Waals surface area contributed by atoms with E-state index in [4.69, 9.17) is 5.73 Å². The smallest absolute Gasteiger partial charge is 0.259 e. The largest absolute Gasteiger partial charge is 0.397 e. The molecule has 0 aliphatic rings. The van der Waals surface area contributed by atoms with Gasteiger partial charge in [-0.3, -0.25) is 4.79 Å². The Balaban J connectivity index is 2.40. The first-order valence-electron chi connectivity index (χ1n) is 5.90. The molecular weight excluding hydrogens is 304 g/mol. The fraction of sp³-hybridized carbons (Fsp3) is 0.133. The van der Waals surface area contributed by atoms with Crippen LogP contribution in [0.2, 0.25) is 0 Å². The van der Waals surface area contributed by atoms with E-state index in [1.807, 2.05) is 37.3 Å². The van der Waals surface area contributed by atoms with E-state index in [-0.39, 0.29) is 5.91 Å². The summed E-state index contributed by atoms with van der Waals surface area (Å²) >= 11 is 3.46. The molecule has 0 spiro atoms. The molecule has 0 heterocycles. The molecule has 0 unspecified atom stereocenters. The summed E-state index contributed by atoms with van der Waals surface area (Å²) < 4.78 is 0.821. The van der Waals surface area contributed by atoms with Gasteiger partial charge in [-0.25, -0.2) is 0 Å². The highest BCUT2D eigenvalue weighted by Crippen LogP contribution is 2.26. The summed E-state index contributed by atoms with van der Waals surface area (Å²) in [4.78, 5) is 14.1. The zero-order chi connectivity index (χ0) is 14.0. The molecule has 0 bridgehead atoms. The van der Waals surface area contributed by atoms with Gasteiger partial charge in [0.1, 0.15) is 0 Å². The van der Waals surface area contributed by atoms with Crippen molar-refractivity contribution in [1.82, 2.24) is 0 Å². The fourth-order valence-electron chi connectivity index (χ4n) is 1.90. The number of benzene rings is 2. The molecule has 0 saturated carbocycles. The average molecular weight is 319 g/mol. The maximum Gasteiger partial charge on any atom is 0.259 e. The minimum atomic E-state index is -0.0894. The standard InChI is InChI=1S/C15H15BrN2O/c1-10-6-5-7-11(14(10)16)15(19)18(2)13-9-4-3-8-12(13)17/h3-9H,17H2,1-2H3. The number of nitrogens with zero attached hydrogens (tertiary/aromatic N) is 1. The van der Waals surface area contributed by atoms with Crippen molar-refractivity contribution in [3.63, 3.8) is 0 Å². The number of nitrogen functional groups attached to an aromatic ring is 1. The average Bonchev–Trinajstić information content (AvgIpc) is 2.41. The van der Waals surface area contributed by atoms with Gasteiger partial charge in [-0.05, 0) is 46.6 Å². The zero-order valence-electron chi connectivity index (χ0n) is 10.9. The van der Waals surface area contributed by atoms with Crippen LogP contribution in [0.1, 0.15) is 15.9 Å². The van der Waals surface area contributed by atoms with Crippen LogP contribution in [0.5, 0.6) is 0 Å². The van der Waals surface area contributed by atoms with Crippen LogP contribution in [0.15, 0.2) is 46.9 Å². The highest BCUT2D eigenvalue weighted by Gasteiger charge is 2.18. The highest BCUT2D eigenvalue weighted by atomic mass is 79.9. The zero-order valence-corrected chi connectivity index (χ0v) is 12.4. The van der Waals surface area contributed by atoms with Gasteiger partial charge < -0.3 is 10.6 Å². The van der Waals surface area contributed by atoms with Crippen LogP contribution >= 0.6 is 15.9 Å². The first-order chi connectivity index (χ1) is 9.02. The van der Waals surface area contributed by atoms with E-state index in [2.05, 4.69) is 15.9 Å². The van der Waals surface area contributed by atoms with Crippen LogP contribution in [0.3, 0.4) is 0 Å². The van der Waals surface area contributed by atoms with E-state index < -0.39 is 0 Å². The quantitative estimate of drug-likeness (QED) is 0.860. The summed E-state index contributed by atoms with van der Waals surface area (Å²) in [6.07, 6.45) is 0. The van der Waals surface area contributed by atoms with Gasteiger partial charge in [0.2, 0.25) is 0 Å². The number of anilines is 2. The lowest BCUT2D eigenvalue weighted by molar-refractivity contribution is 0.0992. The Morgan fingerprint density at radius 1 is 1.16 bits per heavy atom. The Kier molecular flexibility index (Phi) is 3.90. The molecule has 2 rings (SSSR count). The lowest BCUT2D eigenvalue weighted by Crippen LogP contribution is -2.27. The summed E-state index contributed by atoms with van der Waals surface area (Å²) in [5.41, 5.74) is 8.85. The number of hydrogen-bond acceptors (Lipinski definition) is 2. The molecule has 3 nitrogen and oxygen atoms in total. The Bertz CT molecular complexity index is 625. The minimum Gasteiger partial charge on any atom is -0.397 e. The molecule has 0 aromatic heterocycles. The van der Waals surface area contributed by atoms with Crippen molar-refractivity contribution < 1.29 is 4.79 Å². The number of nitrogens with two attached hydrogens (primary N) is 1. The third-order valence-corrected chi connectivity index (χ3v) is 4.08. The summed E-state index contributed by atoms with van der Waals surface area (Å²) in [6, 6.07) is 12.9. The lowest BCUT2D eigenvalue weighted by atomic mass is 10.1. The number of carbonyl (C=O) groups excluding carboxylic acids is 1. The topological polar surface area (TPSA) is 46.3 Å². The lowest BCUT2D eigenvalue weighted by Gasteiger charge is -2.20. The van der Waals surface area contributed by atoms with Crippen molar-refractivity contribution in [2.75, 3.05) is 17.7 Å². The predicted molar refractivity (Wildman–Crippen MR) is 82.5 cm³/mol. The Morgan fingerprint density at radius 2 is 1.84 bits per heavy atom. The van der Waals surface area contributed by atoms with Gasteiger partial charge in [-0.15, -0.1) is 0 Å². The van der Waals surface area contributed by atoms with Crippen molar-refractivity contribution in [2.24, 2.45) is 0 Å². The van der Waals surface area contributed by atoms with Crippen molar-refractivity contribution in [3.05, 3.63) is 58.1 Å². The summed E-state index contributed by atoms with van der Waals surface area (Å²) in [7, 11) is 1.72. The molecule has 0 saturated heterocycles. The molecule has 0 radical (unpaired) electrons. The predicted octanol–water partition coefficient (Wildman–Crippen LogP) is 3.62. The number of carbonyl (C=O) groups is 1. The summed E-state index contributed by atoms with van der Waals surface area (Å²) in [6.45, 7) is 1.96. The molecule has 98 valence electrons. The molecule has 1 amide bonds. The molecule has 0 aliphatic heterocycles. The maximum absolute atomic E-state index is 12.5. The first-order valence-corrected chi connectivity index (χ1v) is 6.69. The monoisotopic (exact) mass is 318 g/mol. The van der Waals surface area contributed by atoms with E-state index >= 15 is 0 Å². The van der Waals surface area contributed by atoms with Gasteiger partial charge >= 0.3 is 0 Å². The number of rotatable bonds is 2. The van der Waals surface area contributed by atoms with Crippen LogP contribution in [0, 0.1) is 6.92 Å². The van der Waals surface area contributed by atoms with E-state index in [1.54, 1.807) is 24.1 Å². The number of amides is 1. The van der Waals surface area contributed by atoms with Crippen LogP contribution in [-0.4, -0.2) is 13.0 Å². The van der Waals surface area contributed by atoms with Gasteiger partial charge in [0.15, 0.2) is 0 Å². The van der Waals surface area contributed by atoms with Crippen molar-refractivity contribution in [1.29, 1.82) is 0 Å². The van der Waals surface area contributed by atoms with Gasteiger partial charge in [-0.2, -0.15) is 0 Å². The number of halogens is 1. The van der Waals surface area contributed by atoms with E-state index in [9.17, 15) is 4.79 Å². The molecule has 2 N–H and O–H groups in total. The van der Waals surface area contributed by atoms with Crippen LogP contribution in [-0.2, 0) is 0 Å². The molecule has 4 heteroatoms. The molecule has 0 fully saturated rings. The molecule has 2 aromatic carbocycles. The minimum absolute atomic E-state index is 0.0894. The second-order valence-corrected chi connectivity index (χ2v) is 5.15. The van der Waals surface area contributed by atoms with Gasteiger partial charge in [0.25, 0.3) is 5.91 Å². The molecule has 2 aromatic rings. The normalized spacial score (nSPS) is 10.3. The van der Waals surface area contributed by atoms with Crippen LogP contribution in [0.4, 0.5) is 11.4 Å². The van der Waals surface area contributed by atoms with Crippen molar-refractivity contribution in [3.8, 4) is 0 Å². The second kappa shape index (κ2) is 5.45. The molecule has 0 aliphatic carbocycles. The van der Waals surface area contributed by atoms with E-state index in [1.165, 1.54) is 0 Å². The molecule has 19 heavy (non-hydrogen) atoms. The fourth-order valence-corrected chi connectivity index (χ4v) is 2.33. The van der Waals surface area contributed by atoms with Crippen LogP contribution in [0.25, 0.3) is 0 Å². The van der Waals surface area contributed by atoms with E-state index in [0.717, 1.165) is 10.0 Å². The Labute approximate surface area is 121 Å². The molecule has 0 atom stereocenters. The second-order valence-electron chi connectivity index (χ2n) is 4.36. The number of aryl methyl sites for hydroxylation is 1. The number of para-hydroxylation sites is 2. The van der Waals surface area contributed by atoms with Crippen molar-refractivity contribution in [2.45, 2.75) is 6.92 Å². The van der Waals surface area contributed by atoms with Gasteiger partial charge in [0.05, 0.1) is 16.9 Å². The summed E-state index contributed by atoms with van der Waals surface area (Å²) in [5.74, 6) is -0.0894. The van der Waals surface area contributed by atoms with Gasteiger partial charge in [-0.1, -0.05) is 24.3 Å². The number of hydrogen-bond donors (Lipinski definition) is 1. The Hall–Kier alpha value is -1.81. The Morgan fingerprint density at radius 3 is 2.53 bits per heavy atom. The summed E-state index contributed by atoms with van der Waals surface area (Å²) in [5, 5.41) is 0. The third-order valence-electron chi connectivity index (χ3n) is 3.02. The first kappa shape index (κ1) is 13.6. The van der Waals surface area contributed by atoms with Crippen molar-refractivity contribution >= 4 is 33.2 Å². The maximum atomic E-state index is 12.5. The van der Waals surface area contributed by atoms with E-state index in [0.29, 0.717) is 16.9 Å². The third kappa shape index (κ3) is 2.63. The SMILES string of the molecule is Cc1cccc(C(=O)N(C)c2ccccc2N)c1Br. The van der Waals surface area contributed by atoms with Gasteiger partial charge in [0, 0.05) is 11.5 Å².